The normalized spacial score (nSPS) is 19.4. The molecular formula is C11H16N4O4. The number of ether oxygens (including phenoxy) is 1. The lowest BCUT2D eigenvalue weighted by Gasteiger charge is -2.35. The summed E-state index contributed by atoms with van der Waals surface area (Å²) >= 11 is 0. The molecule has 8 nitrogen and oxygen atoms in total. The molecule has 0 bridgehead atoms. The predicted molar refractivity (Wildman–Crippen MR) is 63.6 cm³/mol. The molecule has 0 spiro atoms. The van der Waals surface area contributed by atoms with Crippen molar-refractivity contribution in [1.82, 2.24) is 19.9 Å². The van der Waals surface area contributed by atoms with Crippen LogP contribution in [0.1, 0.15) is 23.8 Å². The molecule has 19 heavy (non-hydrogen) atoms. The van der Waals surface area contributed by atoms with E-state index in [9.17, 15) is 9.59 Å². The third-order valence-corrected chi connectivity index (χ3v) is 3.07. The van der Waals surface area contributed by atoms with Gasteiger partial charge in [-0.1, -0.05) is 12.1 Å². The number of nitrogens with zero attached hydrogens (tertiary/aromatic N) is 4. The zero-order chi connectivity index (χ0) is 13.8. The molecule has 1 aliphatic heterocycles. The number of aromatic carboxylic acids is 1. The molecule has 1 unspecified atom stereocenters. The van der Waals surface area contributed by atoms with E-state index in [2.05, 4.69) is 10.3 Å². The molecule has 0 aromatic carbocycles. The smallest absolute Gasteiger partial charge is 0.358 e. The van der Waals surface area contributed by atoms with Gasteiger partial charge in [0.2, 0.25) is 5.91 Å². The van der Waals surface area contributed by atoms with Crippen molar-refractivity contribution in [2.24, 2.45) is 0 Å². The van der Waals surface area contributed by atoms with Gasteiger partial charge in [0.25, 0.3) is 0 Å². The minimum Gasteiger partial charge on any atom is -0.476 e. The van der Waals surface area contributed by atoms with Crippen molar-refractivity contribution in [3.8, 4) is 0 Å². The zero-order valence-electron chi connectivity index (χ0n) is 10.7. The van der Waals surface area contributed by atoms with Crippen LogP contribution in [0.5, 0.6) is 0 Å². The monoisotopic (exact) mass is 268 g/mol. The van der Waals surface area contributed by atoms with Crippen LogP contribution in [0.3, 0.4) is 0 Å². The van der Waals surface area contributed by atoms with E-state index in [1.165, 1.54) is 10.9 Å². The molecule has 0 saturated carbocycles. The molecule has 104 valence electrons. The minimum atomic E-state index is -1.16. The van der Waals surface area contributed by atoms with Crippen molar-refractivity contribution in [2.45, 2.75) is 25.9 Å². The van der Waals surface area contributed by atoms with Crippen LogP contribution in [0.2, 0.25) is 0 Å². The van der Waals surface area contributed by atoms with Crippen molar-refractivity contribution in [2.75, 3.05) is 19.8 Å². The van der Waals surface area contributed by atoms with Crippen molar-refractivity contribution in [1.29, 1.82) is 0 Å². The van der Waals surface area contributed by atoms with Crippen LogP contribution in [-0.2, 0) is 16.1 Å². The highest BCUT2D eigenvalue weighted by molar-refractivity contribution is 5.84. The fraction of sp³-hybridized carbons (Fsp3) is 0.636. The summed E-state index contributed by atoms with van der Waals surface area (Å²) in [5.74, 6) is -1.26. The Bertz CT molecular complexity index is 473. The first-order chi connectivity index (χ1) is 9.11. The Labute approximate surface area is 109 Å². The fourth-order valence-electron chi connectivity index (χ4n) is 2.02. The van der Waals surface area contributed by atoms with Gasteiger partial charge in [0, 0.05) is 6.54 Å². The molecule has 1 amide bonds. The molecule has 2 rings (SSSR count). The van der Waals surface area contributed by atoms with E-state index < -0.39 is 5.97 Å². The SMILES string of the molecule is CCC1COCCN1C(=O)Cn1cc(C(=O)O)nn1. The highest BCUT2D eigenvalue weighted by Crippen LogP contribution is 2.11. The van der Waals surface area contributed by atoms with Crippen molar-refractivity contribution < 1.29 is 19.4 Å². The summed E-state index contributed by atoms with van der Waals surface area (Å²) in [7, 11) is 0. The van der Waals surface area contributed by atoms with Gasteiger partial charge in [-0.3, -0.25) is 4.79 Å². The van der Waals surface area contributed by atoms with E-state index in [0.717, 1.165) is 6.42 Å². The van der Waals surface area contributed by atoms with Gasteiger partial charge in [-0.15, -0.1) is 5.10 Å². The lowest BCUT2D eigenvalue weighted by Crippen LogP contribution is -2.49. The molecule has 8 heteroatoms. The van der Waals surface area contributed by atoms with E-state index in [-0.39, 0.29) is 24.2 Å². The van der Waals surface area contributed by atoms with Gasteiger partial charge in [0.1, 0.15) is 6.54 Å². The molecule has 1 N–H and O–H groups in total. The molecular weight excluding hydrogens is 252 g/mol. The Hall–Kier alpha value is -1.96. The van der Waals surface area contributed by atoms with Gasteiger partial charge >= 0.3 is 5.97 Å². The van der Waals surface area contributed by atoms with Crippen molar-refractivity contribution in [3.05, 3.63) is 11.9 Å². The minimum absolute atomic E-state index is 0.00319. The lowest BCUT2D eigenvalue weighted by atomic mass is 10.2. The second-order valence-corrected chi connectivity index (χ2v) is 4.33. The molecule has 1 atom stereocenters. The molecule has 0 radical (unpaired) electrons. The second kappa shape index (κ2) is 5.79. The zero-order valence-corrected chi connectivity index (χ0v) is 10.7. The number of carboxylic acids is 1. The van der Waals surface area contributed by atoms with Crippen LogP contribution >= 0.6 is 0 Å². The molecule has 1 aromatic rings. The maximum atomic E-state index is 12.2. The highest BCUT2D eigenvalue weighted by Gasteiger charge is 2.26. The summed E-state index contributed by atoms with van der Waals surface area (Å²) in [6.07, 6.45) is 2.07. The summed E-state index contributed by atoms with van der Waals surface area (Å²) in [4.78, 5) is 24.6. The van der Waals surface area contributed by atoms with Gasteiger partial charge in [-0.05, 0) is 6.42 Å². The third-order valence-electron chi connectivity index (χ3n) is 3.07. The number of carbonyl (C=O) groups excluding carboxylic acids is 1. The first-order valence-corrected chi connectivity index (χ1v) is 6.12. The van der Waals surface area contributed by atoms with Crippen LogP contribution in [-0.4, -0.2) is 62.7 Å². The molecule has 1 fully saturated rings. The maximum absolute atomic E-state index is 12.2. The lowest BCUT2D eigenvalue weighted by molar-refractivity contribution is -0.140. The Kier molecular flexibility index (Phi) is 4.10. The molecule has 2 heterocycles. The van der Waals surface area contributed by atoms with Crippen molar-refractivity contribution in [3.63, 3.8) is 0 Å². The van der Waals surface area contributed by atoms with E-state index >= 15 is 0 Å². The predicted octanol–water partition coefficient (Wildman–Crippen LogP) is -0.386. The Morgan fingerprint density at radius 1 is 1.58 bits per heavy atom. The number of amides is 1. The summed E-state index contributed by atoms with van der Waals surface area (Å²) < 4.78 is 6.58. The third kappa shape index (κ3) is 3.08. The second-order valence-electron chi connectivity index (χ2n) is 4.33. The van der Waals surface area contributed by atoms with Crippen LogP contribution in [0.15, 0.2) is 6.20 Å². The summed E-state index contributed by atoms with van der Waals surface area (Å²) in [5, 5.41) is 15.8. The summed E-state index contributed by atoms with van der Waals surface area (Å²) in [6.45, 7) is 3.62. The maximum Gasteiger partial charge on any atom is 0.358 e. The largest absolute Gasteiger partial charge is 0.476 e. The van der Waals surface area contributed by atoms with Crippen LogP contribution in [0.25, 0.3) is 0 Å². The average molecular weight is 268 g/mol. The summed E-state index contributed by atoms with van der Waals surface area (Å²) in [5.41, 5.74) is -0.165. The number of morpholine rings is 1. The Morgan fingerprint density at radius 2 is 2.37 bits per heavy atom. The van der Waals surface area contributed by atoms with Gasteiger partial charge in [-0.25, -0.2) is 9.48 Å². The number of hydrogen-bond acceptors (Lipinski definition) is 5. The van der Waals surface area contributed by atoms with Gasteiger partial charge in [-0.2, -0.15) is 0 Å². The number of aromatic nitrogens is 3. The van der Waals surface area contributed by atoms with Gasteiger partial charge in [0.05, 0.1) is 25.5 Å². The first-order valence-electron chi connectivity index (χ1n) is 6.12. The van der Waals surface area contributed by atoms with Gasteiger partial charge < -0.3 is 14.7 Å². The first kappa shape index (κ1) is 13.5. The average Bonchev–Trinajstić information content (AvgIpc) is 2.87. The number of rotatable bonds is 4. The quantitative estimate of drug-likeness (QED) is 0.799. The van der Waals surface area contributed by atoms with Crippen LogP contribution in [0, 0.1) is 0 Å². The van der Waals surface area contributed by atoms with Crippen molar-refractivity contribution >= 4 is 11.9 Å². The number of carboxylic acid groups (broad SMARTS) is 1. The van der Waals surface area contributed by atoms with Gasteiger partial charge in [0.15, 0.2) is 5.69 Å². The highest BCUT2D eigenvalue weighted by atomic mass is 16.5. The number of hydrogen-bond donors (Lipinski definition) is 1. The van der Waals surface area contributed by atoms with E-state index in [1.54, 1.807) is 4.90 Å². The molecule has 0 aliphatic carbocycles. The van der Waals surface area contributed by atoms with Crippen LogP contribution < -0.4 is 0 Å². The molecule has 1 aliphatic rings. The Balaban J connectivity index is 2.00. The fourth-order valence-corrected chi connectivity index (χ4v) is 2.02. The standard InChI is InChI=1S/C11H16N4O4/c1-2-8-7-19-4-3-15(8)10(16)6-14-5-9(11(17)18)12-13-14/h5,8H,2-4,6-7H2,1H3,(H,17,18). The Morgan fingerprint density at radius 3 is 3.00 bits per heavy atom. The van der Waals surface area contributed by atoms with E-state index in [4.69, 9.17) is 9.84 Å². The summed E-state index contributed by atoms with van der Waals surface area (Å²) in [6, 6.07) is 0.0729. The number of carbonyl (C=O) groups is 2. The topological polar surface area (TPSA) is 97.5 Å². The van der Waals surface area contributed by atoms with Crippen LogP contribution in [0.4, 0.5) is 0 Å². The molecule has 1 aromatic heterocycles. The van der Waals surface area contributed by atoms with E-state index in [0.29, 0.717) is 19.8 Å². The molecule has 1 saturated heterocycles. The van der Waals surface area contributed by atoms with E-state index in [1.807, 2.05) is 6.92 Å².